The Balaban J connectivity index is 0. The number of rotatable bonds is 35. The Morgan fingerprint density at radius 1 is 0.400 bits per heavy atom. The van der Waals surface area contributed by atoms with Gasteiger partial charge in [-0.05, 0) is 19.3 Å². The number of phosphoric ester groups is 1. The fourth-order valence-electron chi connectivity index (χ4n) is 5.96. The van der Waals surface area contributed by atoms with Crippen LogP contribution < -0.4 is 9.79 Å². The van der Waals surface area contributed by atoms with Crippen LogP contribution in [-0.4, -0.2) is 38.8 Å². The molecule has 0 spiro atoms. The minimum atomic E-state index is -4.76. The quantitative estimate of drug-likeness (QED) is 0.0385. The van der Waals surface area contributed by atoms with Crippen LogP contribution in [0.1, 0.15) is 219 Å². The van der Waals surface area contributed by atoms with Gasteiger partial charge in [-0.15, -0.1) is 0 Å². The average Bonchev–Trinajstić information content (AvgIpc) is 2.98. The molecule has 0 amide bonds. The lowest BCUT2D eigenvalue weighted by atomic mass is 10.0. The minimum Gasteiger partial charge on any atom is -0.790 e. The summed E-state index contributed by atoms with van der Waals surface area (Å²) in [6, 6.07) is 0. The van der Waals surface area contributed by atoms with Crippen molar-refractivity contribution < 1.29 is 23.4 Å². The van der Waals surface area contributed by atoms with Crippen LogP contribution in [0.15, 0.2) is 0 Å². The van der Waals surface area contributed by atoms with Crippen molar-refractivity contribution in [2.45, 2.75) is 219 Å². The van der Waals surface area contributed by atoms with Crippen molar-refractivity contribution in [2.75, 3.05) is 34.3 Å². The fraction of sp³-hybridized carbons (Fsp3) is 1.00. The molecule has 274 valence electrons. The molecule has 0 saturated carbocycles. The Labute approximate surface area is 284 Å². The van der Waals surface area contributed by atoms with Crippen molar-refractivity contribution in [3.05, 3.63) is 0 Å². The largest absolute Gasteiger partial charge is 0.790 e. The van der Waals surface area contributed by atoms with Crippen LogP contribution in [0.5, 0.6) is 0 Å². The van der Waals surface area contributed by atoms with Gasteiger partial charge >= 0.3 is 0 Å². The Bertz CT molecular complexity index is 590. The molecule has 0 aromatic heterocycles. The van der Waals surface area contributed by atoms with E-state index in [4.69, 9.17) is 0 Å². The van der Waals surface area contributed by atoms with E-state index in [0.29, 0.717) is 6.42 Å². The molecule has 5 nitrogen and oxygen atoms in total. The van der Waals surface area contributed by atoms with Crippen LogP contribution >= 0.6 is 7.82 Å². The zero-order valence-electron chi connectivity index (χ0n) is 31.6. The first-order chi connectivity index (χ1) is 21.6. The van der Waals surface area contributed by atoms with Gasteiger partial charge in [0.1, 0.15) is 0 Å². The van der Waals surface area contributed by atoms with Gasteiger partial charge in [-0.2, -0.15) is 0 Å². The van der Waals surface area contributed by atoms with E-state index in [9.17, 15) is 14.4 Å². The third kappa shape index (κ3) is 51.1. The normalized spacial score (nSPS) is 12.0. The summed E-state index contributed by atoms with van der Waals surface area (Å²) in [5.41, 5.74) is 0. The molecule has 0 N–H and O–H groups in total. The predicted octanol–water partition coefficient (Wildman–Crippen LogP) is 12.0. The summed E-state index contributed by atoms with van der Waals surface area (Å²) in [4.78, 5) is 20.5. The minimum absolute atomic E-state index is 0.0444. The summed E-state index contributed by atoms with van der Waals surface area (Å²) in [6.45, 7) is 5.93. The van der Waals surface area contributed by atoms with Crippen molar-refractivity contribution >= 4 is 7.82 Å². The Morgan fingerprint density at radius 3 is 0.844 bits per heavy atom. The molecule has 0 aliphatic carbocycles. The van der Waals surface area contributed by atoms with Crippen LogP contribution in [-0.2, 0) is 9.09 Å². The van der Waals surface area contributed by atoms with Crippen molar-refractivity contribution in [2.24, 2.45) is 0 Å². The van der Waals surface area contributed by atoms with Gasteiger partial charge in [0.15, 0.2) is 0 Å². The number of nitrogens with zero attached hydrogens (tertiary/aromatic N) is 1. The Kier molecular flexibility index (Phi) is 38.7. The van der Waals surface area contributed by atoms with Crippen molar-refractivity contribution in [3.63, 3.8) is 0 Å². The molecule has 0 aromatic carbocycles. The molecule has 0 unspecified atom stereocenters. The third-order valence-electron chi connectivity index (χ3n) is 8.93. The van der Waals surface area contributed by atoms with E-state index in [-0.39, 0.29) is 6.61 Å². The van der Waals surface area contributed by atoms with Gasteiger partial charge in [0.25, 0.3) is 0 Å². The van der Waals surface area contributed by atoms with Gasteiger partial charge in [-0.1, -0.05) is 200 Å². The summed E-state index contributed by atoms with van der Waals surface area (Å²) in [5, 5.41) is 0. The highest BCUT2D eigenvalue weighted by Gasteiger charge is 2.05. The molecule has 0 radical (unpaired) electrons. The first kappa shape index (κ1) is 47.2. The molecular formula is C39H83NO4P-. The summed E-state index contributed by atoms with van der Waals surface area (Å²) in [7, 11) is 2.13. The van der Waals surface area contributed by atoms with Crippen molar-refractivity contribution in [1.29, 1.82) is 0 Å². The molecule has 0 rings (SSSR count). The van der Waals surface area contributed by atoms with E-state index < -0.39 is 7.82 Å². The number of hydrogen-bond acceptors (Lipinski definition) is 4. The molecule has 0 aliphatic rings. The third-order valence-corrected chi connectivity index (χ3v) is 9.43. The molecule has 45 heavy (non-hydrogen) atoms. The molecule has 0 aliphatic heterocycles. The number of quaternary nitrogens is 1. The lowest BCUT2D eigenvalue weighted by molar-refractivity contribution is -0.870. The highest BCUT2D eigenvalue weighted by molar-refractivity contribution is 7.43. The van der Waals surface area contributed by atoms with Gasteiger partial charge in [-0.25, -0.2) is 0 Å². The molecule has 0 aromatic rings. The lowest BCUT2D eigenvalue weighted by Crippen LogP contribution is -2.35. The van der Waals surface area contributed by atoms with E-state index in [0.717, 1.165) is 17.3 Å². The second kappa shape index (κ2) is 36.9. The smallest absolute Gasteiger partial charge is 0.0780 e. The predicted molar refractivity (Wildman–Crippen MR) is 196 cm³/mol. The van der Waals surface area contributed by atoms with Gasteiger partial charge in [-0.3, -0.25) is 0 Å². The van der Waals surface area contributed by atoms with E-state index in [1.165, 1.54) is 193 Å². The fourth-order valence-corrected chi connectivity index (χ4v) is 6.31. The highest BCUT2D eigenvalue weighted by Crippen LogP contribution is 2.25. The standard InChI is InChI=1S/C21H46N.C18H39O4P/c1-5-6-7-8-9-10-11-12-13-14-15-16-17-18-19-20-21-22(2,3)4;1-2-3-4-5-6-7-8-9-10-11-12-13-14-15-16-17-18-22-23(19,20)21/h5-21H2,1-4H3;2-18H2,1H3,(H2,19,20,21)/q+1;/p-2. The van der Waals surface area contributed by atoms with Crippen LogP contribution in [0.2, 0.25) is 0 Å². The molecular weight excluding hydrogens is 577 g/mol. The monoisotopic (exact) mass is 661 g/mol. The Hall–Kier alpha value is 0.0700. The van der Waals surface area contributed by atoms with Crippen LogP contribution in [0.4, 0.5) is 0 Å². The maximum Gasteiger partial charge on any atom is 0.0780 e. The maximum atomic E-state index is 10.2. The second-order valence-corrected chi connectivity index (χ2v) is 16.1. The molecule has 0 saturated heterocycles. The van der Waals surface area contributed by atoms with E-state index in [1.807, 2.05) is 0 Å². The van der Waals surface area contributed by atoms with E-state index >= 15 is 0 Å². The van der Waals surface area contributed by atoms with Crippen LogP contribution in [0, 0.1) is 0 Å². The molecule has 0 atom stereocenters. The summed E-state index contributed by atoms with van der Waals surface area (Å²) >= 11 is 0. The topological polar surface area (TPSA) is 72.4 Å². The number of phosphoric acid groups is 1. The Morgan fingerprint density at radius 2 is 0.622 bits per heavy atom. The van der Waals surface area contributed by atoms with E-state index in [1.54, 1.807) is 0 Å². The van der Waals surface area contributed by atoms with E-state index in [2.05, 4.69) is 39.5 Å². The SMILES string of the molecule is CCCCCCCCCCCCCCCCCCOP(=O)([O-])[O-].CCCCCCCCCCCCCCCCCC[N+](C)(C)C. The molecule has 0 bridgehead atoms. The summed E-state index contributed by atoms with van der Waals surface area (Å²) in [5.74, 6) is 0. The van der Waals surface area contributed by atoms with Crippen LogP contribution in [0.25, 0.3) is 0 Å². The second-order valence-electron chi connectivity index (χ2n) is 14.9. The summed E-state index contributed by atoms with van der Waals surface area (Å²) < 4.78 is 15.6. The molecule has 6 heteroatoms. The van der Waals surface area contributed by atoms with Gasteiger partial charge in [0.2, 0.25) is 0 Å². The van der Waals surface area contributed by atoms with Gasteiger partial charge < -0.3 is 23.4 Å². The lowest BCUT2D eigenvalue weighted by Gasteiger charge is -2.28. The number of unbranched alkanes of at least 4 members (excludes halogenated alkanes) is 30. The number of hydrogen-bond donors (Lipinski definition) is 0. The van der Waals surface area contributed by atoms with Gasteiger partial charge in [0, 0.05) is 0 Å². The van der Waals surface area contributed by atoms with Crippen LogP contribution in [0.3, 0.4) is 0 Å². The average molecular weight is 661 g/mol. The zero-order valence-corrected chi connectivity index (χ0v) is 32.5. The molecule has 0 fully saturated rings. The maximum absolute atomic E-state index is 10.2. The summed E-state index contributed by atoms with van der Waals surface area (Å²) in [6.07, 6.45) is 43.7. The first-order valence-corrected chi connectivity index (χ1v) is 21.6. The first-order valence-electron chi connectivity index (χ1n) is 20.1. The van der Waals surface area contributed by atoms with Gasteiger partial charge in [0.05, 0.1) is 42.1 Å². The zero-order chi connectivity index (χ0) is 33.7. The highest BCUT2D eigenvalue weighted by atomic mass is 31.2. The van der Waals surface area contributed by atoms with Crippen molar-refractivity contribution in [1.82, 2.24) is 0 Å². The molecule has 0 heterocycles. The van der Waals surface area contributed by atoms with Crippen molar-refractivity contribution in [3.8, 4) is 0 Å².